The third kappa shape index (κ3) is 2.43. The number of nitrogen functional groups attached to an aromatic ring is 1. The Hall–Kier alpha value is -2.08. The summed E-state index contributed by atoms with van der Waals surface area (Å²) in [7, 11) is 0. The molecule has 2 rings (SSSR count). The summed E-state index contributed by atoms with van der Waals surface area (Å²) in [6.07, 6.45) is 0. The minimum Gasteiger partial charge on any atom is -0.478 e. The summed E-state index contributed by atoms with van der Waals surface area (Å²) in [6.45, 7) is 2.52. The molecule has 0 bridgehead atoms. The molecule has 18 heavy (non-hydrogen) atoms. The Bertz CT molecular complexity index is 580. The van der Waals surface area contributed by atoms with Gasteiger partial charge in [0.05, 0.1) is 34.7 Å². The zero-order chi connectivity index (χ0) is 13.1. The zero-order valence-corrected chi connectivity index (χ0v) is 10.6. The summed E-state index contributed by atoms with van der Waals surface area (Å²) in [5, 5.41) is 12.1. The van der Waals surface area contributed by atoms with Crippen LogP contribution in [0.15, 0.2) is 23.7 Å². The van der Waals surface area contributed by atoms with Crippen LogP contribution >= 0.6 is 11.3 Å². The lowest BCUT2D eigenvalue weighted by Gasteiger charge is -2.10. The summed E-state index contributed by atoms with van der Waals surface area (Å²) in [6, 6.07) is 4.92. The largest absolute Gasteiger partial charge is 0.478 e. The van der Waals surface area contributed by atoms with Crippen molar-refractivity contribution in [3.8, 4) is 0 Å². The van der Waals surface area contributed by atoms with Crippen molar-refractivity contribution in [2.24, 2.45) is 0 Å². The number of carbonyl (C=O) groups is 1. The number of nitrogens with zero attached hydrogens (tertiary/aromatic N) is 1. The number of rotatable bonds is 4. The third-order valence-electron chi connectivity index (χ3n) is 2.62. The maximum Gasteiger partial charge on any atom is 0.337 e. The molecular weight excluding hydrogens is 250 g/mol. The first-order chi connectivity index (χ1) is 8.59. The summed E-state index contributed by atoms with van der Waals surface area (Å²) in [5.74, 6) is -1.02. The molecule has 0 amide bonds. The van der Waals surface area contributed by atoms with E-state index >= 15 is 0 Å². The van der Waals surface area contributed by atoms with Gasteiger partial charge in [-0.2, -0.15) is 0 Å². The molecule has 2 aromatic rings. The molecular formula is C12H13N3O2S. The highest BCUT2D eigenvalue weighted by Gasteiger charge is 2.11. The van der Waals surface area contributed by atoms with Crippen molar-refractivity contribution in [2.45, 2.75) is 13.5 Å². The minimum atomic E-state index is -1.02. The van der Waals surface area contributed by atoms with Crippen LogP contribution in [0.3, 0.4) is 0 Å². The van der Waals surface area contributed by atoms with E-state index in [9.17, 15) is 4.79 Å². The van der Waals surface area contributed by atoms with Crippen LogP contribution in [-0.4, -0.2) is 16.1 Å². The van der Waals surface area contributed by atoms with E-state index in [0.29, 0.717) is 12.2 Å². The van der Waals surface area contributed by atoms with E-state index in [2.05, 4.69) is 10.3 Å². The van der Waals surface area contributed by atoms with E-state index in [-0.39, 0.29) is 11.3 Å². The summed E-state index contributed by atoms with van der Waals surface area (Å²) in [5.41, 5.74) is 9.56. The molecule has 0 saturated heterocycles. The zero-order valence-electron chi connectivity index (χ0n) is 9.80. The Morgan fingerprint density at radius 1 is 1.56 bits per heavy atom. The van der Waals surface area contributed by atoms with Gasteiger partial charge < -0.3 is 16.2 Å². The van der Waals surface area contributed by atoms with Crippen molar-refractivity contribution in [3.05, 3.63) is 39.8 Å². The molecule has 0 spiro atoms. The standard InChI is InChI=1S/C12H13N3O2S/c1-7-10(18-6-15-7)5-14-9-4-2-3-8(11(9)13)12(16)17/h2-4,6,14H,5,13H2,1H3,(H,16,17). The predicted molar refractivity (Wildman–Crippen MR) is 72.0 cm³/mol. The second-order valence-electron chi connectivity index (χ2n) is 3.79. The van der Waals surface area contributed by atoms with Crippen molar-refractivity contribution in [3.63, 3.8) is 0 Å². The number of carboxylic acid groups (broad SMARTS) is 1. The lowest BCUT2D eigenvalue weighted by molar-refractivity contribution is 0.0698. The van der Waals surface area contributed by atoms with Crippen LogP contribution in [0.4, 0.5) is 11.4 Å². The quantitative estimate of drug-likeness (QED) is 0.737. The van der Waals surface area contributed by atoms with Gasteiger partial charge >= 0.3 is 5.97 Å². The van der Waals surface area contributed by atoms with Gasteiger partial charge in [0.15, 0.2) is 0 Å². The molecule has 0 fully saturated rings. The second-order valence-corrected chi connectivity index (χ2v) is 4.73. The van der Waals surface area contributed by atoms with Gasteiger partial charge in [-0.3, -0.25) is 0 Å². The summed E-state index contributed by atoms with van der Waals surface area (Å²) in [4.78, 5) is 16.2. The SMILES string of the molecule is Cc1ncsc1CNc1cccc(C(=O)O)c1N. The number of hydrogen-bond acceptors (Lipinski definition) is 5. The lowest BCUT2D eigenvalue weighted by atomic mass is 10.1. The van der Waals surface area contributed by atoms with Gasteiger partial charge in [-0.05, 0) is 19.1 Å². The van der Waals surface area contributed by atoms with E-state index in [1.54, 1.807) is 29.0 Å². The molecule has 1 aromatic heterocycles. The molecule has 0 aliphatic carbocycles. The first kappa shape index (κ1) is 12.4. The highest BCUT2D eigenvalue weighted by atomic mass is 32.1. The van der Waals surface area contributed by atoms with Crippen LogP contribution < -0.4 is 11.1 Å². The van der Waals surface area contributed by atoms with E-state index < -0.39 is 5.97 Å². The number of benzene rings is 1. The molecule has 94 valence electrons. The van der Waals surface area contributed by atoms with Crippen LogP contribution in [0, 0.1) is 6.92 Å². The van der Waals surface area contributed by atoms with Gasteiger partial charge in [0.2, 0.25) is 0 Å². The molecule has 0 saturated carbocycles. The Kier molecular flexibility index (Phi) is 3.47. The number of thiazole rings is 1. The van der Waals surface area contributed by atoms with Crippen molar-refractivity contribution >= 4 is 28.7 Å². The van der Waals surface area contributed by atoms with Crippen molar-refractivity contribution in [1.82, 2.24) is 4.98 Å². The first-order valence-corrected chi connectivity index (χ1v) is 6.22. The van der Waals surface area contributed by atoms with Crippen LogP contribution in [-0.2, 0) is 6.54 Å². The minimum absolute atomic E-state index is 0.112. The van der Waals surface area contributed by atoms with E-state index in [4.69, 9.17) is 10.8 Å². The smallest absolute Gasteiger partial charge is 0.337 e. The number of para-hydroxylation sites is 1. The number of hydrogen-bond donors (Lipinski definition) is 3. The van der Waals surface area contributed by atoms with Crippen molar-refractivity contribution in [1.29, 1.82) is 0 Å². The van der Waals surface area contributed by atoms with Gasteiger partial charge in [-0.15, -0.1) is 11.3 Å². The molecule has 0 radical (unpaired) electrons. The van der Waals surface area contributed by atoms with Gasteiger partial charge in [0.25, 0.3) is 0 Å². The number of nitrogens with two attached hydrogens (primary N) is 1. The molecule has 1 aromatic carbocycles. The number of nitrogens with one attached hydrogen (secondary N) is 1. The topological polar surface area (TPSA) is 88.2 Å². The molecule has 0 unspecified atom stereocenters. The Labute approximate surface area is 108 Å². The Morgan fingerprint density at radius 2 is 2.33 bits per heavy atom. The fourth-order valence-corrected chi connectivity index (χ4v) is 2.29. The number of aromatic carboxylic acids is 1. The number of carboxylic acids is 1. The van der Waals surface area contributed by atoms with E-state index in [1.165, 1.54) is 6.07 Å². The van der Waals surface area contributed by atoms with Crippen LogP contribution in [0.25, 0.3) is 0 Å². The summed E-state index contributed by atoms with van der Waals surface area (Å²) >= 11 is 1.55. The third-order valence-corrected chi connectivity index (χ3v) is 3.56. The monoisotopic (exact) mass is 263 g/mol. The predicted octanol–water partition coefficient (Wildman–Crippen LogP) is 2.34. The number of anilines is 2. The lowest BCUT2D eigenvalue weighted by Crippen LogP contribution is -2.07. The maximum absolute atomic E-state index is 10.9. The molecule has 0 aliphatic heterocycles. The molecule has 5 nitrogen and oxygen atoms in total. The number of aromatic nitrogens is 1. The maximum atomic E-state index is 10.9. The summed E-state index contributed by atoms with van der Waals surface area (Å²) < 4.78 is 0. The number of aryl methyl sites for hydroxylation is 1. The molecule has 1 heterocycles. The fourth-order valence-electron chi connectivity index (χ4n) is 1.58. The normalized spacial score (nSPS) is 10.3. The fraction of sp³-hybridized carbons (Fsp3) is 0.167. The van der Waals surface area contributed by atoms with Gasteiger partial charge in [-0.1, -0.05) is 6.07 Å². The average molecular weight is 263 g/mol. The molecule has 0 aliphatic rings. The first-order valence-electron chi connectivity index (χ1n) is 5.34. The van der Waals surface area contributed by atoms with E-state index in [1.807, 2.05) is 6.92 Å². The molecule has 6 heteroatoms. The highest BCUT2D eigenvalue weighted by Crippen LogP contribution is 2.24. The van der Waals surface area contributed by atoms with Crippen LogP contribution in [0.1, 0.15) is 20.9 Å². The highest BCUT2D eigenvalue weighted by molar-refractivity contribution is 7.09. The van der Waals surface area contributed by atoms with E-state index in [0.717, 1.165) is 10.6 Å². The van der Waals surface area contributed by atoms with Gasteiger partial charge in [0, 0.05) is 4.88 Å². The van der Waals surface area contributed by atoms with Crippen LogP contribution in [0.2, 0.25) is 0 Å². The molecule has 4 N–H and O–H groups in total. The van der Waals surface area contributed by atoms with Crippen LogP contribution in [0.5, 0.6) is 0 Å². The average Bonchev–Trinajstić information content (AvgIpc) is 2.73. The van der Waals surface area contributed by atoms with Gasteiger partial charge in [-0.25, -0.2) is 9.78 Å². The second kappa shape index (κ2) is 5.05. The Balaban J connectivity index is 2.17. The van der Waals surface area contributed by atoms with Crippen molar-refractivity contribution in [2.75, 3.05) is 11.1 Å². The Morgan fingerprint density at radius 3 is 2.94 bits per heavy atom. The molecule has 0 atom stereocenters. The van der Waals surface area contributed by atoms with Crippen molar-refractivity contribution < 1.29 is 9.90 Å². The van der Waals surface area contributed by atoms with Gasteiger partial charge in [0.1, 0.15) is 0 Å².